The van der Waals surface area contributed by atoms with Crippen molar-refractivity contribution in [2.75, 3.05) is 0 Å². The Hall–Kier alpha value is -2.12. The minimum atomic E-state index is 0.572. The molecule has 2 heteroatoms. The van der Waals surface area contributed by atoms with E-state index in [1.54, 1.807) is 6.20 Å². The summed E-state index contributed by atoms with van der Waals surface area (Å²) in [5.74, 6) is 0.621. The van der Waals surface area contributed by atoms with Gasteiger partial charge in [0.15, 0.2) is 0 Å². The summed E-state index contributed by atoms with van der Waals surface area (Å²) in [6, 6.07) is 17.4. The number of halogens is 1. The summed E-state index contributed by atoms with van der Waals surface area (Å²) in [7, 11) is 0. The topological polar surface area (TPSA) is 12.9 Å². The van der Waals surface area contributed by atoms with Gasteiger partial charge in [-0.15, -0.1) is 0 Å². The Bertz CT molecular complexity index is 1030. The largest absolute Gasteiger partial charge is 0.244 e. The van der Waals surface area contributed by atoms with Crippen LogP contribution in [-0.2, 0) is 6.42 Å². The molecule has 114 valence electrons. The third kappa shape index (κ3) is 2.36. The Balaban J connectivity index is 2.20. The molecule has 0 N–H and O–H groups in total. The quantitative estimate of drug-likeness (QED) is 0.308. The highest BCUT2D eigenvalue weighted by Gasteiger charge is 2.11. The molecule has 3 aromatic carbocycles. The van der Waals surface area contributed by atoms with Crippen molar-refractivity contribution in [1.82, 2.24) is 4.98 Å². The molecular weight excluding hydrogens is 302 g/mol. The number of fused-ring (bicyclic) bond motifs is 5. The molecular formula is C21H18ClN. The smallest absolute Gasteiger partial charge is 0.136 e. The van der Waals surface area contributed by atoms with Crippen molar-refractivity contribution in [2.45, 2.75) is 20.3 Å². The van der Waals surface area contributed by atoms with Crippen LogP contribution in [0.4, 0.5) is 0 Å². The van der Waals surface area contributed by atoms with Crippen molar-refractivity contribution in [3.63, 3.8) is 0 Å². The molecule has 0 fully saturated rings. The van der Waals surface area contributed by atoms with Crippen LogP contribution < -0.4 is 0 Å². The first-order valence-electron chi connectivity index (χ1n) is 8.02. The van der Waals surface area contributed by atoms with E-state index in [1.165, 1.54) is 32.5 Å². The van der Waals surface area contributed by atoms with Crippen molar-refractivity contribution in [3.8, 4) is 0 Å². The molecule has 0 aliphatic heterocycles. The van der Waals surface area contributed by atoms with Crippen molar-refractivity contribution < 1.29 is 0 Å². The van der Waals surface area contributed by atoms with Gasteiger partial charge in [0.2, 0.25) is 0 Å². The van der Waals surface area contributed by atoms with Crippen molar-refractivity contribution in [3.05, 3.63) is 65.4 Å². The number of rotatable bonds is 2. The molecule has 1 aromatic heterocycles. The Morgan fingerprint density at radius 3 is 2.26 bits per heavy atom. The third-order valence-corrected chi connectivity index (χ3v) is 4.75. The van der Waals surface area contributed by atoms with Gasteiger partial charge in [0.05, 0.1) is 0 Å². The molecule has 1 heterocycles. The van der Waals surface area contributed by atoms with Gasteiger partial charge in [-0.25, -0.2) is 4.98 Å². The Morgan fingerprint density at radius 2 is 1.48 bits per heavy atom. The SMILES string of the molecule is CC(C)Cc1cc2c3ccnc(Cl)c3ccc2c2ccccc12. The van der Waals surface area contributed by atoms with Gasteiger partial charge < -0.3 is 0 Å². The zero-order valence-corrected chi connectivity index (χ0v) is 14.1. The van der Waals surface area contributed by atoms with E-state index < -0.39 is 0 Å². The highest BCUT2D eigenvalue weighted by Crippen LogP contribution is 2.35. The summed E-state index contributed by atoms with van der Waals surface area (Å²) in [6.45, 7) is 4.53. The van der Waals surface area contributed by atoms with Gasteiger partial charge in [-0.1, -0.05) is 61.8 Å². The van der Waals surface area contributed by atoms with Crippen LogP contribution >= 0.6 is 11.6 Å². The maximum atomic E-state index is 6.29. The second-order valence-electron chi connectivity index (χ2n) is 6.54. The average Bonchev–Trinajstić information content (AvgIpc) is 2.55. The van der Waals surface area contributed by atoms with E-state index >= 15 is 0 Å². The van der Waals surface area contributed by atoms with Gasteiger partial charge >= 0.3 is 0 Å². The molecule has 0 aliphatic rings. The van der Waals surface area contributed by atoms with Crippen molar-refractivity contribution in [2.24, 2.45) is 5.92 Å². The van der Waals surface area contributed by atoms with E-state index in [4.69, 9.17) is 11.6 Å². The first-order chi connectivity index (χ1) is 11.1. The lowest BCUT2D eigenvalue weighted by atomic mass is 9.91. The Labute approximate surface area is 140 Å². The predicted molar refractivity (Wildman–Crippen MR) is 100 cm³/mol. The van der Waals surface area contributed by atoms with Crippen LogP contribution in [0.1, 0.15) is 19.4 Å². The van der Waals surface area contributed by atoms with Crippen LogP contribution in [0.5, 0.6) is 0 Å². The molecule has 0 amide bonds. The summed E-state index contributed by atoms with van der Waals surface area (Å²) in [5, 5.41) is 7.99. The van der Waals surface area contributed by atoms with E-state index in [-0.39, 0.29) is 0 Å². The van der Waals surface area contributed by atoms with Gasteiger partial charge in [-0.2, -0.15) is 0 Å². The van der Waals surface area contributed by atoms with E-state index in [0.717, 1.165) is 11.8 Å². The summed E-state index contributed by atoms with van der Waals surface area (Å²) < 4.78 is 0. The lowest BCUT2D eigenvalue weighted by Crippen LogP contribution is -1.96. The summed E-state index contributed by atoms with van der Waals surface area (Å²) >= 11 is 6.29. The third-order valence-electron chi connectivity index (χ3n) is 4.45. The highest BCUT2D eigenvalue weighted by atomic mass is 35.5. The molecule has 4 rings (SSSR count). The molecule has 4 aromatic rings. The minimum absolute atomic E-state index is 0.572. The van der Waals surface area contributed by atoms with Crippen LogP contribution in [0.25, 0.3) is 32.3 Å². The van der Waals surface area contributed by atoms with Crippen LogP contribution in [0, 0.1) is 5.92 Å². The van der Waals surface area contributed by atoms with E-state index in [1.807, 2.05) is 0 Å². The second kappa shape index (κ2) is 5.50. The van der Waals surface area contributed by atoms with Crippen LogP contribution in [0.15, 0.2) is 54.7 Å². The van der Waals surface area contributed by atoms with Crippen molar-refractivity contribution in [1.29, 1.82) is 0 Å². The first kappa shape index (κ1) is 14.5. The number of benzene rings is 3. The summed E-state index contributed by atoms with van der Waals surface area (Å²) in [4.78, 5) is 4.21. The summed E-state index contributed by atoms with van der Waals surface area (Å²) in [6.07, 6.45) is 2.87. The normalized spacial score (nSPS) is 11.8. The molecule has 0 aliphatic carbocycles. The predicted octanol–water partition coefficient (Wildman–Crippen LogP) is 6.39. The number of pyridine rings is 1. The molecule has 0 atom stereocenters. The molecule has 0 radical (unpaired) electrons. The van der Waals surface area contributed by atoms with Gasteiger partial charge in [0.1, 0.15) is 5.15 Å². The summed E-state index contributed by atoms with van der Waals surface area (Å²) in [5.41, 5.74) is 1.41. The lowest BCUT2D eigenvalue weighted by molar-refractivity contribution is 0.650. The molecule has 0 unspecified atom stereocenters. The molecule has 0 saturated carbocycles. The van der Waals surface area contributed by atoms with Crippen LogP contribution in [0.3, 0.4) is 0 Å². The fourth-order valence-electron chi connectivity index (χ4n) is 3.49. The molecule has 0 bridgehead atoms. The number of nitrogens with zero attached hydrogens (tertiary/aromatic N) is 1. The fourth-order valence-corrected chi connectivity index (χ4v) is 3.71. The first-order valence-corrected chi connectivity index (χ1v) is 8.40. The minimum Gasteiger partial charge on any atom is -0.244 e. The molecule has 0 saturated heterocycles. The zero-order valence-electron chi connectivity index (χ0n) is 13.3. The highest BCUT2D eigenvalue weighted by molar-refractivity contribution is 6.35. The van der Waals surface area contributed by atoms with Gasteiger partial charge in [-0.3, -0.25) is 0 Å². The van der Waals surface area contributed by atoms with Gasteiger partial charge in [0, 0.05) is 11.6 Å². The number of hydrogen-bond acceptors (Lipinski definition) is 1. The van der Waals surface area contributed by atoms with Gasteiger partial charge in [0.25, 0.3) is 0 Å². The fraction of sp³-hybridized carbons (Fsp3) is 0.190. The molecule has 23 heavy (non-hydrogen) atoms. The standard InChI is InChI=1S/C21H18ClN/c1-13(2)11-14-12-20-17(16-6-4-3-5-15(14)16)7-8-19-18(20)9-10-23-21(19)22/h3-10,12-13H,11H2,1-2H3. The Kier molecular flexibility index (Phi) is 3.46. The number of hydrogen-bond donors (Lipinski definition) is 0. The molecule has 1 nitrogen and oxygen atoms in total. The van der Waals surface area contributed by atoms with E-state index in [0.29, 0.717) is 11.1 Å². The van der Waals surface area contributed by atoms with Crippen LogP contribution in [-0.4, -0.2) is 4.98 Å². The monoisotopic (exact) mass is 319 g/mol. The average molecular weight is 320 g/mol. The second-order valence-corrected chi connectivity index (χ2v) is 6.89. The van der Waals surface area contributed by atoms with E-state index in [9.17, 15) is 0 Å². The maximum Gasteiger partial charge on any atom is 0.136 e. The van der Waals surface area contributed by atoms with Crippen molar-refractivity contribution >= 4 is 43.9 Å². The Morgan fingerprint density at radius 1 is 0.826 bits per heavy atom. The number of aromatic nitrogens is 1. The zero-order chi connectivity index (χ0) is 16.0. The maximum absolute atomic E-state index is 6.29. The van der Waals surface area contributed by atoms with E-state index in [2.05, 4.69) is 67.4 Å². The molecule has 0 spiro atoms. The lowest BCUT2D eigenvalue weighted by Gasteiger charge is -2.14. The van der Waals surface area contributed by atoms with Gasteiger partial charge in [-0.05, 0) is 57.0 Å². The van der Waals surface area contributed by atoms with Crippen LogP contribution in [0.2, 0.25) is 5.15 Å².